The van der Waals surface area contributed by atoms with Crippen LogP contribution in [0.25, 0.3) is 0 Å². The monoisotopic (exact) mass is 345 g/mol. The molecule has 2 heterocycles. The number of amides is 2. The van der Waals surface area contributed by atoms with Crippen LogP contribution in [0.4, 0.5) is 4.79 Å². The van der Waals surface area contributed by atoms with Gasteiger partial charge in [-0.05, 0) is 44.7 Å². The van der Waals surface area contributed by atoms with Gasteiger partial charge in [0.25, 0.3) is 0 Å². The van der Waals surface area contributed by atoms with Crippen LogP contribution in [0.15, 0.2) is 30.3 Å². The van der Waals surface area contributed by atoms with Crippen LogP contribution in [-0.2, 0) is 11.2 Å². The molecule has 0 radical (unpaired) electrons. The molecular formula is C20H31N3O2. The Labute approximate surface area is 151 Å². The minimum Gasteiger partial charge on any atom is -0.372 e. The van der Waals surface area contributed by atoms with Crippen LogP contribution >= 0.6 is 0 Å². The van der Waals surface area contributed by atoms with Crippen LogP contribution in [0.5, 0.6) is 0 Å². The molecule has 0 saturated carbocycles. The van der Waals surface area contributed by atoms with Crippen molar-refractivity contribution in [3.05, 3.63) is 35.9 Å². The molecule has 0 bridgehead atoms. The van der Waals surface area contributed by atoms with Crippen molar-refractivity contribution >= 4 is 6.03 Å². The molecule has 5 heteroatoms. The Morgan fingerprint density at radius 1 is 1.16 bits per heavy atom. The zero-order valence-corrected chi connectivity index (χ0v) is 15.5. The summed E-state index contributed by atoms with van der Waals surface area (Å²) >= 11 is 0. The number of nitrogens with zero attached hydrogens (tertiary/aromatic N) is 2. The van der Waals surface area contributed by atoms with Gasteiger partial charge in [0.2, 0.25) is 0 Å². The lowest BCUT2D eigenvalue weighted by atomic mass is 10.1. The average Bonchev–Trinajstić information content (AvgIpc) is 3.06. The summed E-state index contributed by atoms with van der Waals surface area (Å²) in [5.74, 6) is 0.565. The number of nitrogens with one attached hydrogen (secondary N) is 1. The molecule has 2 saturated heterocycles. The van der Waals surface area contributed by atoms with E-state index in [1.807, 2.05) is 18.7 Å². The smallest absolute Gasteiger partial charge is 0.317 e. The summed E-state index contributed by atoms with van der Waals surface area (Å²) in [6.07, 6.45) is 2.51. The van der Waals surface area contributed by atoms with Crippen LogP contribution in [0.1, 0.15) is 25.8 Å². The summed E-state index contributed by atoms with van der Waals surface area (Å²) in [6, 6.07) is 10.7. The Kier molecular flexibility index (Phi) is 6.32. The van der Waals surface area contributed by atoms with Crippen LogP contribution < -0.4 is 5.32 Å². The van der Waals surface area contributed by atoms with E-state index in [1.54, 1.807) is 0 Å². The third kappa shape index (κ3) is 5.44. The highest BCUT2D eigenvalue weighted by atomic mass is 16.5. The quantitative estimate of drug-likeness (QED) is 0.891. The van der Waals surface area contributed by atoms with Gasteiger partial charge in [-0.2, -0.15) is 0 Å². The lowest BCUT2D eigenvalue weighted by molar-refractivity contribution is -0.0545. The Bertz CT molecular complexity index is 541. The molecule has 1 aromatic rings. The number of hydrogen-bond donors (Lipinski definition) is 1. The number of hydrogen-bond acceptors (Lipinski definition) is 3. The van der Waals surface area contributed by atoms with Gasteiger partial charge in [0.05, 0.1) is 12.2 Å². The molecule has 138 valence electrons. The Hall–Kier alpha value is -1.59. The van der Waals surface area contributed by atoms with Gasteiger partial charge in [-0.1, -0.05) is 30.3 Å². The summed E-state index contributed by atoms with van der Waals surface area (Å²) in [5.41, 5.74) is 1.40. The summed E-state index contributed by atoms with van der Waals surface area (Å²) in [6.45, 7) is 9.53. The van der Waals surface area contributed by atoms with E-state index in [-0.39, 0.29) is 18.2 Å². The Morgan fingerprint density at radius 3 is 2.60 bits per heavy atom. The molecule has 2 fully saturated rings. The first kappa shape index (κ1) is 18.2. The number of carbonyl (C=O) groups excluding carboxylic acids is 1. The summed E-state index contributed by atoms with van der Waals surface area (Å²) in [5, 5.41) is 3.13. The largest absolute Gasteiger partial charge is 0.372 e. The van der Waals surface area contributed by atoms with E-state index in [0.717, 1.165) is 32.6 Å². The van der Waals surface area contributed by atoms with Crippen LogP contribution in [0.3, 0.4) is 0 Å². The van der Waals surface area contributed by atoms with Crippen molar-refractivity contribution < 1.29 is 9.53 Å². The molecule has 5 nitrogen and oxygen atoms in total. The van der Waals surface area contributed by atoms with Crippen LogP contribution in [-0.4, -0.2) is 67.3 Å². The summed E-state index contributed by atoms with van der Waals surface area (Å²) < 4.78 is 5.69. The van der Waals surface area contributed by atoms with Crippen molar-refractivity contribution in [2.24, 2.45) is 5.92 Å². The van der Waals surface area contributed by atoms with Gasteiger partial charge in [-0.3, -0.25) is 0 Å². The molecule has 0 unspecified atom stereocenters. The van der Waals surface area contributed by atoms with Crippen LogP contribution in [0.2, 0.25) is 0 Å². The fraction of sp³-hybridized carbons (Fsp3) is 0.650. The number of ether oxygens (including phenoxy) is 1. The molecule has 0 aliphatic carbocycles. The van der Waals surface area contributed by atoms with Crippen molar-refractivity contribution in [3.8, 4) is 0 Å². The van der Waals surface area contributed by atoms with Gasteiger partial charge in [0, 0.05) is 32.7 Å². The third-order valence-corrected chi connectivity index (χ3v) is 5.18. The average molecular weight is 345 g/mol. The number of carbonyl (C=O) groups is 1. The maximum atomic E-state index is 12.4. The van der Waals surface area contributed by atoms with E-state index in [1.165, 1.54) is 12.0 Å². The van der Waals surface area contributed by atoms with E-state index in [9.17, 15) is 4.79 Å². The Balaban J connectivity index is 1.36. The van der Waals surface area contributed by atoms with E-state index in [0.29, 0.717) is 19.0 Å². The van der Waals surface area contributed by atoms with Gasteiger partial charge >= 0.3 is 6.03 Å². The molecular weight excluding hydrogens is 314 g/mol. The zero-order chi connectivity index (χ0) is 17.6. The highest BCUT2D eigenvalue weighted by molar-refractivity contribution is 5.74. The number of urea groups is 1. The second-order valence-corrected chi connectivity index (χ2v) is 7.54. The molecule has 25 heavy (non-hydrogen) atoms. The topological polar surface area (TPSA) is 44.8 Å². The third-order valence-electron chi connectivity index (χ3n) is 5.18. The fourth-order valence-corrected chi connectivity index (χ4v) is 3.90. The molecule has 3 atom stereocenters. The SMILES string of the molecule is C[C@@H]1CN(C(=O)NC[C@@H]2CCN(CCc3ccccc3)C2)C[C@H](C)O1. The van der Waals surface area contributed by atoms with Gasteiger partial charge in [0.1, 0.15) is 0 Å². The van der Waals surface area contributed by atoms with Crippen molar-refractivity contribution in [2.75, 3.05) is 39.3 Å². The van der Waals surface area contributed by atoms with Crippen molar-refractivity contribution in [2.45, 2.75) is 38.9 Å². The number of morpholine rings is 1. The molecule has 0 aromatic heterocycles. The molecule has 2 amide bonds. The van der Waals surface area contributed by atoms with Crippen molar-refractivity contribution in [1.82, 2.24) is 15.1 Å². The minimum atomic E-state index is 0.0599. The summed E-state index contributed by atoms with van der Waals surface area (Å²) in [7, 11) is 0. The van der Waals surface area contributed by atoms with Crippen molar-refractivity contribution in [1.29, 1.82) is 0 Å². The van der Waals surface area contributed by atoms with E-state index in [2.05, 4.69) is 40.5 Å². The summed E-state index contributed by atoms with van der Waals surface area (Å²) in [4.78, 5) is 16.8. The van der Waals surface area contributed by atoms with Gasteiger partial charge in [-0.25, -0.2) is 4.79 Å². The first-order valence-electron chi connectivity index (χ1n) is 9.54. The second-order valence-electron chi connectivity index (χ2n) is 7.54. The molecule has 2 aliphatic rings. The molecule has 2 aliphatic heterocycles. The number of likely N-dealkylation sites (tertiary alicyclic amines) is 1. The van der Waals surface area contributed by atoms with Crippen molar-refractivity contribution in [3.63, 3.8) is 0 Å². The fourth-order valence-electron chi connectivity index (χ4n) is 3.90. The van der Waals surface area contributed by atoms with E-state index < -0.39 is 0 Å². The van der Waals surface area contributed by atoms with Gasteiger partial charge in [0.15, 0.2) is 0 Å². The molecule has 3 rings (SSSR count). The highest BCUT2D eigenvalue weighted by Gasteiger charge is 2.27. The van der Waals surface area contributed by atoms with E-state index in [4.69, 9.17) is 4.74 Å². The maximum Gasteiger partial charge on any atom is 0.317 e. The zero-order valence-electron chi connectivity index (χ0n) is 15.5. The lowest BCUT2D eigenvalue weighted by Gasteiger charge is -2.35. The second kappa shape index (κ2) is 8.68. The van der Waals surface area contributed by atoms with Gasteiger partial charge in [-0.15, -0.1) is 0 Å². The first-order chi connectivity index (χ1) is 12.1. The molecule has 0 spiro atoms. The number of rotatable bonds is 5. The molecule has 1 N–H and O–H groups in total. The lowest BCUT2D eigenvalue weighted by Crippen LogP contribution is -2.52. The number of benzene rings is 1. The molecule has 1 aromatic carbocycles. The Morgan fingerprint density at radius 2 is 1.88 bits per heavy atom. The minimum absolute atomic E-state index is 0.0599. The van der Waals surface area contributed by atoms with Crippen LogP contribution in [0, 0.1) is 5.92 Å². The predicted octanol–water partition coefficient (Wildman–Crippen LogP) is 2.37. The normalized spacial score (nSPS) is 27.4. The standard InChI is InChI=1S/C20H31N3O2/c1-16-13-23(14-17(2)25-16)20(24)21-12-19-9-11-22(15-19)10-8-18-6-4-3-5-7-18/h3-7,16-17,19H,8-15H2,1-2H3,(H,21,24)/t16-,17+,19-/m0/s1. The van der Waals surface area contributed by atoms with Gasteiger partial charge < -0.3 is 19.9 Å². The predicted molar refractivity (Wildman–Crippen MR) is 99.7 cm³/mol. The maximum absolute atomic E-state index is 12.4. The van der Waals surface area contributed by atoms with E-state index >= 15 is 0 Å². The highest BCUT2D eigenvalue weighted by Crippen LogP contribution is 2.16. The first-order valence-corrected chi connectivity index (χ1v) is 9.54.